The summed E-state index contributed by atoms with van der Waals surface area (Å²) >= 11 is 0. The summed E-state index contributed by atoms with van der Waals surface area (Å²) in [6.07, 6.45) is 0. The highest BCUT2D eigenvalue weighted by Crippen LogP contribution is 2.37. The Morgan fingerprint density at radius 1 is 1.00 bits per heavy atom. The first-order valence-electron chi connectivity index (χ1n) is 7.22. The molecule has 2 rings (SSSR count). The van der Waals surface area contributed by atoms with E-state index in [1.54, 1.807) is 0 Å². The molecule has 1 aromatic rings. The van der Waals surface area contributed by atoms with Gasteiger partial charge in [-0.25, -0.2) is 0 Å². The van der Waals surface area contributed by atoms with Gasteiger partial charge in [0.2, 0.25) is 6.79 Å². The summed E-state index contributed by atoms with van der Waals surface area (Å²) in [7, 11) is 11.2. The molecule has 0 saturated carbocycles. The maximum absolute atomic E-state index is 5.51. The fourth-order valence-corrected chi connectivity index (χ4v) is 2.74. The van der Waals surface area contributed by atoms with Crippen LogP contribution in [0.25, 0.3) is 0 Å². The normalized spacial score (nSPS) is 17.7. The Labute approximate surface area is 126 Å². The zero-order valence-electron chi connectivity index (χ0n) is 13.8. The maximum Gasteiger partial charge on any atom is 0.231 e. The van der Waals surface area contributed by atoms with Crippen LogP contribution in [0.15, 0.2) is 18.2 Å². The first-order chi connectivity index (χ1) is 9.03. The van der Waals surface area contributed by atoms with Crippen molar-refractivity contribution >= 4 is 39.2 Å². The number of nitrogens with one attached hydrogen (secondary N) is 1. The molecule has 0 radical (unpaired) electrons. The van der Waals surface area contributed by atoms with E-state index in [-0.39, 0.29) is 16.0 Å². The zero-order valence-corrected chi connectivity index (χ0v) is 13.8. The second-order valence-electron chi connectivity index (χ2n) is 7.69. The van der Waals surface area contributed by atoms with Crippen molar-refractivity contribution in [1.82, 2.24) is 5.32 Å². The molecule has 3 nitrogen and oxygen atoms in total. The Morgan fingerprint density at radius 3 is 2.20 bits per heavy atom. The van der Waals surface area contributed by atoms with E-state index in [2.05, 4.69) is 70.5 Å². The van der Waals surface area contributed by atoms with Crippen molar-refractivity contribution in [2.75, 3.05) is 6.79 Å². The molecule has 1 unspecified atom stereocenters. The minimum atomic E-state index is -0.0566. The van der Waals surface area contributed by atoms with Crippen LogP contribution >= 0.6 is 0 Å². The summed E-state index contributed by atoms with van der Waals surface area (Å²) < 4.78 is 10.9. The highest BCUT2D eigenvalue weighted by molar-refractivity contribution is 6.46. The Balaban J connectivity index is 2.34. The molecule has 0 saturated heterocycles. The third-order valence-corrected chi connectivity index (χ3v) is 4.34. The molecule has 0 spiro atoms. The summed E-state index contributed by atoms with van der Waals surface area (Å²) in [5.74, 6) is 1.69. The van der Waals surface area contributed by atoms with Gasteiger partial charge in [-0.1, -0.05) is 30.7 Å². The van der Waals surface area contributed by atoms with Crippen LogP contribution < -0.4 is 14.8 Å². The molecule has 102 valence electrons. The van der Waals surface area contributed by atoms with Gasteiger partial charge in [0.1, 0.15) is 39.2 Å². The van der Waals surface area contributed by atoms with Crippen molar-refractivity contribution in [3.05, 3.63) is 23.8 Å². The minimum absolute atomic E-state index is 0.0404. The van der Waals surface area contributed by atoms with Crippen molar-refractivity contribution < 1.29 is 9.47 Å². The third kappa shape index (κ3) is 2.90. The Morgan fingerprint density at radius 2 is 1.60 bits per heavy atom. The number of hydrogen-bond acceptors (Lipinski definition) is 3. The van der Waals surface area contributed by atoms with Crippen LogP contribution in [-0.2, 0) is 5.21 Å². The summed E-state index contributed by atoms with van der Waals surface area (Å²) in [5.41, 5.74) is 1.20. The van der Waals surface area contributed by atoms with Crippen LogP contribution in [0.3, 0.4) is 0 Å². The lowest BCUT2D eigenvalue weighted by Crippen LogP contribution is -2.67. The second kappa shape index (κ2) is 4.83. The Hall–Kier alpha value is -0.895. The summed E-state index contributed by atoms with van der Waals surface area (Å²) in [6.45, 7) is 4.77. The molecule has 1 aliphatic heterocycles. The number of rotatable bonds is 4. The van der Waals surface area contributed by atoms with Crippen molar-refractivity contribution in [3.63, 3.8) is 0 Å². The van der Waals surface area contributed by atoms with Crippen LogP contribution in [0.5, 0.6) is 11.5 Å². The lowest BCUT2D eigenvalue weighted by Gasteiger charge is -2.48. The molecule has 0 fully saturated rings. The van der Waals surface area contributed by atoms with Gasteiger partial charge in [-0.3, -0.25) is 0 Å². The minimum Gasteiger partial charge on any atom is -0.454 e. The molecule has 0 amide bonds. The van der Waals surface area contributed by atoms with Gasteiger partial charge in [0.15, 0.2) is 11.5 Å². The van der Waals surface area contributed by atoms with Crippen LogP contribution in [0, 0.1) is 0 Å². The number of hydrogen-bond donors (Lipinski definition) is 1. The predicted molar refractivity (Wildman–Crippen MR) is 96.9 cm³/mol. The smallest absolute Gasteiger partial charge is 0.231 e. The van der Waals surface area contributed by atoms with Crippen LogP contribution in [0.2, 0.25) is 0 Å². The molecule has 1 heterocycles. The molecule has 0 aliphatic carbocycles. The Kier molecular flexibility index (Phi) is 3.74. The third-order valence-electron chi connectivity index (χ3n) is 4.34. The molecule has 1 aliphatic rings. The molecule has 1 atom stereocenters. The molecule has 20 heavy (non-hydrogen) atoms. The van der Waals surface area contributed by atoms with Crippen molar-refractivity contribution in [3.8, 4) is 11.5 Å². The first kappa shape index (κ1) is 15.5. The summed E-state index contributed by atoms with van der Waals surface area (Å²) in [5, 5.41) is 3.76. The lowest BCUT2D eigenvalue weighted by molar-refractivity contribution is 0.174. The summed E-state index contributed by atoms with van der Waals surface area (Å²) in [4.78, 5) is 0. The Bertz CT molecular complexity index is 513. The number of benzene rings is 1. The van der Waals surface area contributed by atoms with E-state index in [9.17, 15) is 0 Å². The molecule has 1 N–H and O–H groups in total. The average Bonchev–Trinajstić information content (AvgIpc) is 2.71. The van der Waals surface area contributed by atoms with Gasteiger partial charge < -0.3 is 14.8 Å². The zero-order chi connectivity index (χ0) is 15.2. The largest absolute Gasteiger partial charge is 0.454 e. The van der Waals surface area contributed by atoms with Crippen molar-refractivity contribution in [2.24, 2.45) is 0 Å². The SMILES string of the molecule is BC(B)(C)NC(B)(C)C(B)(B)c1ccc2c(c1)OCO2. The quantitative estimate of drug-likeness (QED) is 0.580. The van der Waals surface area contributed by atoms with Gasteiger partial charge in [0.05, 0.1) is 0 Å². The van der Waals surface area contributed by atoms with Gasteiger partial charge in [-0.15, -0.1) is 0 Å². The van der Waals surface area contributed by atoms with Crippen molar-refractivity contribution in [2.45, 2.75) is 29.8 Å². The van der Waals surface area contributed by atoms with E-state index in [0.29, 0.717) is 6.79 Å². The van der Waals surface area contributed by atoms with Crippen LogP contribution in [0.4, 0.5) is 0 Å². The molecule has 1 aromatic carbocycles. The van der Waals surface area contributed by atoms with Crippen LogP contribution in [-0.4, -0.2) is 56.8 Å². The number of fused-ring (bicyclic) bond motifs is 1. The van der Waals surface area contributed by atoms with E-state index >= 15 is 0 Å². The summed E-state index contributed by atoms with van der Waals surface area (Å²) in [6, 6.07) is 6.25. The van der Waals surface area contributed by atoms with Gasteiger partial charge in [0.25, 0.3) is 0 Å². The second-order valence-corrected chi connectivity index (χ2v) is 7.69. The first-order valence-corrected chi connectivity index (χ1v) is 7.22. The highest BCUT2D eigenvalue weighted by atomic mass is 16.7. The maximum atomic E-state index is 5.51. The van der Waals surface area contributed by atoms with Crippen LogP contribution in [0.1, 0.15) is 19.4 Å². The molecule has 0 aromatic heterocycles. The average molecular weight is 266 g/mol. The van der Waals surface area contributed by atoms with E-state index in [1.165, 1.54) is 5.56 Å². The van der Waals surface area contributed by atoms with E-state index < -0.39 is 0 Å². The fraction of sp³-hybridized carbons (Fsp3) is 0.500. The monoisotopic (exact) mass is 267 g/mol. The van der Waals surface area contributed by atoms with Gasteiger partial charge in [-0.05, 0) is 22.9 Å². The topological polar surface area (TPSA) is 30.5 Å². The molecular formula is C12H22B5NO2. The highest BCUT2D eigenvalue weighted by Gasteiger charge is 2.40. The van der Waals surface area contributed by atoms with Gasteiger partial charge in [-0.2, -0.15) is 0 Å². The fourth-order valence-electron chi connectivity index (χ4n) is 2.74. The van der Waals surface area contributed by atoms with Gasteiger partial charge in [0, 0.05) is 0 Å². The lowest BCUT2D eigenvalue weighted by atomic mass is 9.37. The van der Waals surface area contributed by atoms with E-state index in [0.717, 1.165) is 11.5 Å². The molecule has 0 bridgehead atoms. The van der Waals surface area contributed by atoms with Gasteiger partial charge >= 0.3 is 0 Å². The predicted octanol–water partition coefficient (Wildman–Crippen LogP) is -3.29. The standard InChI is InChI=1S/C12H22B5NO2/c1-10(13,18-11(2,14)15)12(16,17)7-3-4-8-9(5-7)20-6-19-8/h3-5,18H,6,13-17H2,1-2H3. The number of ether oxygens (including phenoxy) is 2. The van der Waals surface area contributed by atoms with E-state index in [1.807, 2.05) is 6.07 Å². The molecular weight excluding hydrogens is 244 g/mol. The van der Waals surface area contributed by atoms with Crippen molar-refractivity contribution in [1.29, 1.82) is 0 Å². The van der Waals surface area contributed by atoms with E-state index in [4.69, 9.17) is 9.47 Å². The molecule has 8 heteroatoms.